The molecule has 0 fully saturated rings. The number of nitrogens with one attached hydrogen (secondary N) is 2. The first-order chi connectivity index (χ1) is 8.02. The lowest BCUT2D eigenvalue weighted by Gasteiger charge is -2.13. The van der Waals surface area contributed by atoms with Crippen LogP contribution < -0.4 is 10.6 Å². The Hall–Kier alpha value is -2.04. The van der Waals surface area contributed by atoms with Crippen molar-refractivity contribution in [2.45, 2.75) is 19.9 Å². The van der Waals surface area contributed by atoms with Crippen LogP contribution in [0.25, 0.3) is 0 Å². The van der Waals surface area contributed by atoms with Crippen LogP contribution in [0.15, 0.2) is 24.3 Å². The molecule has 5 nitrogen and oxygen atoms in total. The average Bonchev–Trinajstić information content (AvgIpc) is 2.27. The highest BCUT2D eigenvalue weighted by atomic mass is 16.5. The molecule has 5 heteroatoms. The molecule has 0 aromatic heterocycles. The van der Waals surface area contributed by atoms with E-state index >= 15 is 0 Å². The van der Waals surface area contributed by atoms with E-state index in [1.807, 2.05) is 6.07 Å². The maximum Gasteiger partial charge on any atom is 0.327 e. The van der Waals surface area contributed by atoms with Gasteiger partial charge in [0.1, 0.15) is 6.04 Å². The molecular weight excluding hydrogens is 220 g/mol. The van der Waals surface area contributed by atoms with Gasteiger partial charge in [0.25, 0.3) is 0 Å². The summed E-state index contributed by atoms with van der Waals surface area (Å²) in [5, 5.41) is 5.65. The van der Waals surface area contributed by atoms with E-state index < -0.39 is 6.04 Å². The van der Waals surface area contributed by atoms with Gasteiger partial charge in [-0.05, 0) is 25.1 Å². The topological polar surface area (TPSA) is 67.4 Å². The number of hydrogen-bond donors (Lipinski definition) is 2. The zero-order valence-electron chi connectivity index (χ0n) is 10.1. The van der Waals surface area contributed by atoms with Crippen LogP contribution in [-0.4, -0.2) is 25.0 Å². The third-order valence-corrected chi connectivity index (χ3v) is 2.12. The molecular formula is C12H16N2O3. The number of ether oxygens (including phenoxy) is 1. The van der Waals surface area contributed by atoms with Crippen LogP contribution in [0, 0.1) is 0 Å². The van der Waals surface area contributed by atoms with E-state index in [0.29, 0.717) is 5.69 Å². The summed E-state index contributed by atoms with van der Waals surface area (Å²) >= 11 is 0. The molecule has 0 spiro atoms. The minimum absolute atomic E-state index is 0.136. The van der Waals surface area contributed by atoms with Gasteiger partial charge in [-0.1, -0.05) is 6.07 Å². The Kier molecular flexibility index (Phi) is 4.51. The second-order valence-corrected chi connectivity index (χ2v) is 3.65. The number of carbonyl (C=O) groups is 2. The maximum absolute atomic E-state index is 11.2. The number of anilines is 2. The van der Waals surface area contributed by atoms with Gasteiger partial charge in [-0.2, -0.15) is 0 Å². The Morgan fingerprint density at radius 1 is 1.29 bits per heavy atom. The van der Waals surface area contributed by atoms with Gasteiger partial charge in [-0.15, -0.1) is 0 Å². The summed E-state index contributed by atoms with van der Waals surface area (Å²) in [6.07, 6.45) is 0. The molecule has 0 saturated heterocycles. The van der Waals surface area contributed by atoms with Gasteiger partial charge in [0.15, 0.2) is 0 Å². The molecule has 0 heterocycles. The van der Waals surface area contributed by atoms with E-state index in [-0.39, 0.29) is 11.9 Å². The van der Waals surface area contributed by atoms with Crippen molar-refractivity contribution in [3.8, 4) is 0 Å². The van der Waals surface area contributed by atoms with Crippen molar-refractivity contribution in [1.29, 1.82) is 0 Å². The molecule has 1 aromatic rings. The second kappa shape index (κ2) is 5.89. The quantitative estimate of drug-likeness (QED) is 0.779. The smallest absolute Gasteiger partial charge is 0.327 e. The fourth-order valence-corrected chi connectivity index (χ4v) is 1.38. The molecule has 1 rings (SSSR count). The lowest BCUT2D eigenvalue weighted by Crippen LogP contribution is -2.27. The van der Waals surface area contributed by atoms with Crippen LogP contribution in [0.2, 0.25) is 0 Å². The summed E-state index contributed by atoms with van der Waals surface area (Å²) < 4.78 is 4.61. The average molecular weight is 236 g/mol. The van der Waals surface area contributed by atoms with Crippen LogP contribution >= 0.6 is 0 Å². The molecule has 1 aromatic carbocycles. The maximum atomic E-state index is 11.2. The number of esters is 1. The monoisotopic (exact) mass is 236 g/mol. The van der Waals surface area contributed by atoms with E-state index in [0.717, 1.165) is 5.69 Å². The molecule has 1 atom stereocenters. The third-order valence-electron chi connectivity index (χ3n) is 2.12. The molecule has 2 N–H and O–H groups in total. The number of carbonyl (C=O) groups excluding carboxylic acids is 2. The summed E-state index contributed by atoms with van der Waals surface area (Å²) in [4.78, 5) is 22.1. The van der Waals surface area contributed by atoms with Gasteiger partial charge in [-0.25, -0.2) is 4.79 Å². The molecule has 0 unspecified atom stereocenters. The standard InChI is InChI=1S/C12H16N2O3/c1-8(12(16)17-3)13-10-5-4-6-11(7-10)14-9(2)15/h4-8,13H,1-3H3,(H,14,15)/t8-/m0/s1. The summed E-state index contributed by atoms with van der Waals surface area (Å²) in [5.74, 6) is -0.474. The van der Waals surface area contributed by atoms with Crippen molar-refractivity contribution in [3.05, 3.63) is 24.3 Å². The fourth-order valence-electron chi connectivity index (χ4n) is 1.38. The molecule has 0 aliphatic rings. The molecule has 0 bridgehead atoms. The van der Waals surface area contributed by atoms with Crippen molar-refractivity contribution in [2.75, 3.05) is 17.7 Å². The van der Waals surface area contributed by atoms with E-state index in [2.05, 4.69) is 15.4 Å². The fraction of sp³-hybridized carbons (Fsp3) is 0.333. The van der Waals surface area contributed by atoms with E-state index in [1.54, 1.807) is 25.1 Å². The number of methoxy groups -OCH3 is 1. The Bertz CT molecular complexity index is 418. The van der Waals surface area contributed by atoms with Crippen LogP contribution in [0.4, 0.5) is 11.4 Å². The van der Waals surface area contributed by atoms with Crippen molar-refractivity contribution in [1.82, 2.24) is 0 Å². The predicted octanol–water partition coefficient (Wildman–Crippen LogP) is 1.62. The first-order valence-corrected chi connectivity index (χ1v) is 5.25. The highest BCUT2D eigenvalue weighted by molar-refractivity contribution is 5.89. The molecule has 0 aliphatic heterocycles. The van der Waals surface area contributed by atoms with Crippen LogP contribution in [0.5, 0.6) is 0 Å². The minimum atomic E-state index is -0.437. The van der Waals surface area contributed by atoms with Crippen LogP contribution in [0.1, 0.15) is 13.8 Å². The molecule has 92 valence electrons. The molecule has 17 heavy (non-hydrogen) atoms. The lowest BCUT2D eigenvalue weighted by molar-refractivity contribution is -0.141. The van der Waals surface area contributed by atoms with Gasteiger partial charge in [0.2, 0.25) is 5.91 Å². The largest absolute Gasteiger partial charge is 0.467 e. The third kappa shape index (κ3) is 4.14. The summed E-state index contributed by atoms with van der Waals surface area (Å²) in [6, 6.07) is 6.69. The van der Waals surface area contributed by atoms with Crippen LogP contribution in [0.3, 0.4) is 0 Å². The Balaban J connectivity index is 2.71. The zero-order valence-corrected chi connectivity index (χ0v) is 10.1. The van der Waals surface area contributed by atoms with Gasteiger partial charge in [0, 0.05) is 18.3 Å². The van der Waals surface area contributed by atoms with Gasteiger partial charge in [-0.3, -0.25) is 4.79 Å². The number of hydrogen-bond acceptors (Lipinski definition) is 4. The van der Waals surface area contributed by atoms with Gasteiger partial charge >= 0.3 is 5.97 Å². The predicted molar refractivity (Wildman–Crippen MR) is 65.8 cm³/mol. The van der Waals surface area contributed by atoms with E-state index in [4.69, 9.17) is 0 Å². The second-order valence-electron chi connectivity index (χ2n) is 3.65. The van der Waals surface area contributed by atoms with Crippen molar-refractivity contribution >= 4 is 23.3 Å². The van der Waals surface area contributed by atoms with Gasteiger partial charge in [0.05, 0.1) is 7.11 Å². The van der Waals surface area contributed by atoms with Crippen molar-refractivity contribution < 1.29 is 14.3 Å². The summed E-state index contributed by atoms with van der Waals surface area (Å²) in [6.45, 7) is 3.15. The zero-order chi connectivity index (χ0) is 12.8. The SMILES string of the molecule is COC(=O)[C@H](C)Nc1cccc(NC(C)=O)c1. The number of rotatable bonds is 4. The molecule has 0 aliphatic carbocycles. The van der Waals surface area contributed by atoms with Crippen molar-refractivity contribution in [2.24, 2.45) is 0 Å². The highest BCUT2D eigenvalue weighted by Gasteiger charge is 2.12. The summed E-state index contributed by atoms with van der Waals surface area (Å²) in [7, 11) is 1.34. The first kappa shape index (κ1) is 13.0. The van der Waals surface area contributed by atoms with Crippen LogP contribution in [-0.2, 0) is 14.3 Å². The normalized spacial score (nSPS) is 11.5. The van der Waals surface area contributed by atoms with E-state index in [9.17, 15) is 9.59 Å². The molecule has 1 amide bonds. The van der Waals surface area contributed by atoms with Crippen molar-refractivity contribution in [3.63, 3.8) is 0 Å². The highest BCUT2D eigenvalue weighted by Crippen LogP contribution is 2.16. The van der Waals surface area contributed by atoms with E-state index in [1.165, 1.54) is 14.0 Å². The summed E-state index contributed by atoms with van der Waals surface area (Å²) in [5.41, 5.74) is 1.42. The first-order valence-electron chi connectivity index (χ1n) is 5.25. The number of benzene rings is 1. The Morgan fingerprint density at radius 3 is 2.53 bits per heavy atom. The Morgan fingerprint density at radius 2 is 1.94 bits per heavy atom. The molecule has 0 radical (unpaired) electrons. The number of amides is 1. The minimum Gasteiger partial charge on any atom is -0.467 e. The Labute approximate surface area is 100 Å². The lowest BCUT2D eigenvalue weighted by atomic mass is 10.2. The molecule has 0 saturated carbocycles. The van der Waals surface area contributed by atoms with Gasteiger partial charge < -0.3 is 15.4 Å².